The van der Waals surface area contributed by atoms with E-state index in [0.29, 0.717) is 11.0 Å². The minimum Gasteiger partial charge on any atom is -0.325 e. The fourth-order valence-corrected chi connectivity index (χ4v) is 2.96. The van der Waals surface area contributed by atoms with E-state index >= 15 is 0 Å². The zero-order chi connectivity index (χ0) is 18.4. The quantitative estimate of drug-likeness (QED) is 0.661. The number of carbonyl (C=O) groups excluding carboxylic acids is 1. The van der Waals surface area contributed by atoms with Gasteiger partial charge in [0.05, 0.1) is 17.2 Å². The highest BCUT2D eigenvalue weighted by Crippen LogP contribution is 2.13. The van der Waals surface area contributed by atoms with Crippen LogP contribution in [0.2, 0.25) is 0 Å². The van der Waals surface area contributed by atoms with Crippen molar-refractivity contribution in [2.24, 2.45) is 0 Å². The van der Waals surface area contributed by atoms with E-state index in [2.05, 4.69) is 17.2 Å². The lowest BCUT2D eigenvalue weighted by Gasteiger charge is -2.10. The van der Waals surface area contributed by atoms with Gasteiger partial charge in [-0.2, -0.15) is 0 Å². The molecule has 1 heterocycles. The second kappa shape index (κ2) is 8.43. The van der Waals surface area contributed by atoms with Crippen molar-refractivity contribution in [3.8, 4) is 0 Å². The van der Waals surface area contributed by atoms with Gasteiger partial charge in [0, 0.05) is 5.69 Å². The molecule has 0 aliphatic carbocycles. The van der Waals surface area contributed by atoms with Crippen molar-refractivity contribution >= 4 is 22.6 Å². The smallest absolute Gasteiger partial charge is 0.269 e. The molecule has 0 spiro atoms. The lowest BCUT2D eigenvalue weighted by Crippen LogP contribution is -2.27. The van der Waals surface area contributed by atoms with Gasteiger partial charge >= 0.3 is 0 Å². The highest BCUT2D eigenvalue weighted by Gasteiger charge is 2.09. The number of nitrogens with one attached hydrogen (secondary N) is 1. The largest absolute Gasteiger partial charge is 0.325 e. The van der Waals surface area contributed by atoms with Crippen LogP contribution in [0.25, 0.3) is 11.0 Å². The van der Waals surface area contributed by atoms with Crippen LogP contribution >= 0.6 is 0 Å². The van der Waals surface area contributed by atoms with Crippen LogP contribution in [-0.2, 0) is 17.8 Å². The Balaban J connectivity index is 1.68. The number of rotatable bonds is 7. The number of unbranched alkanes of at least 4 members (excludes halogenated alkanes) is 2. The third-order valence-electron chi connectivity index (χ3n) is 4.36. The first-order valence-electron chi connectivity index (χ1n) is 9.01. The number of benzene rings is 2. The van der Waals surface area contributed by atoms with E-state index in [9.17, 15) is 9.59 Å². The lowest BCUT2D eigenvalue weighted by molar-refractivity contribution is -0.116. The summed E-state index contributed by atoms with van der Waals surface area (Å²) in [5, 5.41) is 2.86. The molecular weight excluding hydrogens is 326 g/mol. The van der Waals surface area contributed by atoms with Gasteiger partial charge in [0.1, 0.15) is 6.54 Å². The topological polar surface area (TPSA) is 64.0 Å². The van der Waals surface area contributed by atoms with Gasteiger partial charge in [0.25, 0.3) is 5.56 Å². The van der Waals surface area contributed by atoms with Crippen molar-refractivity contribution in [3.63, 3.8) is 0 Å². The third-order valence-corrected chi connectivity index (χ3v) is 4.36. The number of amides is 1. The first kappa shape index (κ1) is 17.9. The molecule has 0 aliphatic heterocycles. The summed E-state index contributed by atoms with van der Waals surface area (Å²) in [4.78, 5) is 28.6. The molecule has 26 heavy (non-hydrogen) atoms. The van der Waals surface area contributed by atoms with E-state index in [1.165, 1.54) is 35.6 Å². The summed E-state index contributed by atoms with van der Waals surface area (Å²) in [6.07, 6.45) is 5.92. The van der Waals surface area contributed by atoms with Gasteiger partial charge in [0.2, 0.25) is 5.91 Å². The summed E-state index contributed by atoms with van der Waals surface area (Å²) >= 11 is 0. The number of aromatic nitrogens is 2. The van der Waals surface area contributed by atoms with Crippen LogP contribution in [0.1, 0.15) is 31.7 Å². The highest BCUT2D eigenvalue weighted by atomic mass is 16.2. The SMILES string of the molecule is CCCCCc1ccc(NC(=O)Cn2c(=O)cnc3ccccc32)cc1. The molecule has 1 aromatic heterocycles. The van der Waals surface area contributed by atoms with Gasteiger partial charge in [-0.3, -0.25) is 14.2 Å². The van der Waals surface area contributed by atoms with Gasteiger partial charge < -0.3 is 5.32 Å². The normalized spacial score (nSPS) is 10.8. The molecule has 1 amide bonds. The zero-order valence-electron chi connectivity index (χ0n) is 14.9. The first-order chi connectivity index (χ1) is 12.7. The van der Waals surface area contributed by atoms with Gasteiger partial charge in [-0.05, 0) is 42.7 Å². The Morgan fingerprint density at radius 2 is 1.85 bits per heavy atom. The molecule has 3 aromatic rings. The fourth-order valence-electron chi connectivity index (χ4n) is 2.96. The lowest BCUT2D eigenvalue weighted by atomic mass is 10.1. The van der Waals surface area contributed by atoms with Crippen molar-refractivity contribution in [2.45, 2.75) is 39.2 Å². The Labute approximate surface area is 152 Å². The number of anilines is 1. The highest BCUT2D eigenvalue weighted by molar-refractivity contribution is 5.91. The Morgan fingerprint density at radius 1 is 1.08 bits per heavy atom. The molecule has 2 aromatic carbocycles. The molecule has 0 aliphatic rings. The second-order valence-corrected chi connectivity index (χ2v) is 6.37. The predicted molar refractivity (Wildman–Crippen MR) is 104 cm³/mol. The maximum Gasteiger partial charge on any atom is 0.269 e. The zero-order valence-corrected chi connectivity index (χ0v) is 14.9. The Morgan fingerprint density at radius 3 is 2.62 bits per heavy atom. The van der Waals surface area contributed by atoms with E-state index < -0.39 is 0 Å². The van der Waals surface area contributed by atoms with E-state index in [1.54, 1.807) is 6.07 Å². The van der Waals surface area contributed by atoms with Gasteiger partial charge in [-0.25, -0.2) is 4.98 Å². The summed E-state index contributed by atoms with van der Waals surface area (Å²) < 4.78 is 1.44. The predicted octanol–water partition coefficient (Wildman–Crippen LogP) is 3.77. The number of aryl methyl sites for hydroxylation is 1. The summed E-state index contributed by atoms with van der Waals surface area (Å²) in [6, 6.07) is 15.2. The molecule has 5 heteroatoms. The average Bonchev–Trinajstić information content (AvgIpc) is 2.66. The minimum absolute atomic E-state index is 0.0415. The monoisotopic (exact) mass is 349 g/mol. The molecule has 0 fully saturated rings. The minimum atomic E-state index is -0.287. The molecule has 0 saturated heterocycles. The summed E-state index contributed by atoms with van der Waals surface area (Å²) in [7, 11) is 0. The van der Waals surface area contributed by atoms with Crippen molar-refractivity contribution in [2.75, 3.05) is 5.32 Å². The molecule has 5 nitrogen and oxygen atoms in total. The van der Waals surface area contributed by atoms with Crippen LogP contribution in [0.5, 0.6) is 0 Å². The molecule has 1 N–H and O–H groups in total. The molecule has 0 atom stereocenters. The van der Waals surface area contributed by atoms with E-state index in [1.807, 2.05) is 42.5 Å². The molecule has 0 saturated carbocycles. The standard InChI is InChI=1S/C21H23N3O2/c1-2-3-4-7-16-10-12-17(13-11-16)23-20(25)15-24-19-9-6-5-8-18(19)22-14-21(24)26/h5-6,8-14H,2-4,7,15H2,1H3,(H,23,25). The van der Waals surface area contributed by atoms with Gasteiger partial charge in [0.15, 0.2) is 0 Å². The molecule has 0 radical (unpaired) electrons. The Bertz CT molecular complexity index is 945. The maximum atomic E-state index is 12.4. The number of carbonyl (C=O) groups is 1. The van der Waals surface area contributed by atoms with Crippen LogP contribution in [0, 0.1) is 0 Å². The van der Waals surface area contributed by atoms with Gasteiger partial charge in [-0.1, -0.05) is 44.0 Å². The maximum absolute atomic E-state index is 12.4. The molecule has 0 unspecified atom stereocenters. The fraction of sp³-hybridized carbons (Fsp3) is 0.286. The summed E-state index contributed by atoms with van der Waals surface area (Å²) in [5.74, 6) is -0.234. The van der Waals surface area contributed by atoms with E-state index in [4.69, 9.17) is 0 Å². The number of nitrogens with zero attached hydrogens (tertiary/aromatic N) is 2. The van der Waals surface area contributed by atoms with Crippen LogP contribution in [-0.4, -0.2) is 15.5 Å². The molecule has 134 valence electrons. The molecule has 0 bridgehead atoms. The van der Waals surface area contributed by atoms with E-state index in [-0.39, 0.29) is 18.0 Å². The first-order valence-corrected chi connectivity index (χ1v) is 9.01. The number of para-hydroxylation sites is 2. The van der Waals surface area contributed by atoms with Gasteiger partial charge in [-0.15, -0.1) is 0 Å². The second-order valence-electron chi connectivity index (χ2n) is 6.37. The van der Waals surface area contributed by atoms with Crippen LogP contribution in [0.15, 0.2) is 59.5 Å². The molecule has 3 rings (SSSR count). The van der Waals surface area contributed by atoms with Crippen molar-refractivity contribution in [1.29, 1.82) is 0 Å². The number of hydrogen-bond acceptors (Lipinski definition) is 3. The van der Waals surface area contributed by atoms with Crippen molar-refractivity contribution in [1.82, 2.24) is 9.55 Å². The Hall–Kier alpha value is -2.95. The van der Waals surface area contributed by atoms with Crippen LogP contribution in [0.4, 0.5) is 5.69 Å². The van der Waals surface area contributed by atoms with Crippen molar-refractivity contribution in [3.05, 3.63) is 70.6 Å². The number of hydrogen-bond donors (Lipinski definition) is 1. The average molecular weight is 349 g/mol. The Kier molecular flexibility index (Phi) is 5.79. The third kappa shape index (κ3) is 4.36. The van der Waals surface area contributed by atoms with Crippen LogP contribution < -0.4 is 10.9 Å². The summed E-state index contributed by atoms with van der Waals surface area (Å²) in [5.41, 5.74) is 3.07. The summed E-state index contributed by atoms with van der Waals surface area (Å²) in [6.45, 7) is 2.15. The van der Waals surface area contributed by atoms with E-state index in [0.717, 1.165) is 12.1 Å². The molecular formula is C21H23N3O2. The number of fused-ring (bicyclic) bond motifs is 1. The van der Waals surface area contributed by atoms with Crippen molar-refractivity contribution < 1.29 is 4.79 Å². The van der Waals surface area contributed by atoms with Crippen LogP contribution in [0.3, 0.4) is 0 Å².